The van der Waals surface area contributed by atoms with Crippen molar-refractivity contribution in [1.82, 2.24) is 9.21 Å². The molecule has 2 aliphatic heterocycles. The fourth-order valence-electron chi connectivity index (χ4n) is 4.38. The van der Waals surface area contributed by atoms with Gasteiger partial charge in [-0.3, -0.25) is 4.79 Å². The van der Waals surface area contributed by atoms with Crippen LogP contribution in [0.1, 0.15) is 19.3 Å². The second-order valence-electron chi connectivity index (χ2n) is 8.22. The van der Waals surface area contributed by atoms with E-state index in [2.05, 4.69) is 12.6 Å². The van der Waals surface area contributed by atoms with E-state index in [0.717, 1.165) is 10.8 Å². The fourth-order valence-corrected chi connectivity index (χ4v) is 6.54. The minimum absolute atomic E-state index is 0.164. The lowest BCUT2D eigenvalue weighted by Gasteiger charge is -2.35. The molecule has 2 heterocycles. The van der Waals surface area contributed by atoms with Crippen LogP contribution in [0.15, 0.2) is 47.4 Å². The number of carboxylic acids is 1. The number of benzene rings is 2. The molecule has 0 saturated carbocycles. The number of ether oxygens (including phenoxy) is 1. The third-order valence-electron chi connectivity index (χ3n) is 6.04. The van der Waals surface area contributed by atoms with Crippen LogP contribution < -0.4 is 0 Å². The van der Waals surface area contributed by atoms with Crippen LogP contribution >= 0.6 is 12.6 Å². The second kappa shape index (κ2) is 9.38. The zero-order chi connectivity index (χ0) is 22.9. The van der Waals surface area contributed by atoms with E-state index in [1.807, 2.05) is 24.3 Å². The first-order valence-electron chi connectivity index (χ1n) is 10.6. The van der Waals surface area contributed by atoms with Gasteiger partial charge in [0.1, 0.15) is 12.6 Å². The summed E-state index contributed by atoms with van der Waals surface area (Å²) >= 11 is 4.48. The van der Waals surface area contributed by atoms with Gasteiger partial charge < -0.3 is 14.7 Å². The molecule has 2 unspecified atom stereocenters. The number of carbonyl (C=O) groups is 2. The molecule has 0 bridgehead atoms. The molecule has 0 aromatic heterocycles. The maximum atomic E-state index is 13.5. The third-order valence-corrected chi connectivity index (χ3v) is 8.29. The molecule has 0 aliphatic carbocycles. The number of sulfonamides is 1. The Morgan fingerprint density at radius 3 is 2.47 bits per heavy atom. The summed E-state index contributed by atoms with van der Waals surface area (Å²) in [5.74, 6) is -1.26. The van der Waals surface area contributed by atoms with Crippen molar-refractivity contribution >= 4 is 45.3 Å². The minimum Gasteiger partial charge on any atom is -0.480 e. The normalized spacial score (nSPS) is 23.0. The largest absolute Gasteiger partial charge is 0.480 e. The van der Waals surface area contributed by atoms with E-state index in [0.29, 0.717) is 32.4 Å². The maximum Gasteiger partial charge on any atom is 0.329 e. The van der Waals surface area contributed by atoms with Crippen molar-refractivity contribution in [1.29, 1.82) is 0 Å². The quantitative estimate of drug-likeness (QED) is 0.616. The van der Waals surface area contributed by atoms with Gasteiger partial charge in [-0.05, 0) is 42.2 Å². The molecule has 1 N–H and O–H groups in total. The zero-order valence-electron chi connectivity index (χ0n) is 17.5. The number of likely N-dealkylation sites (tertiary alicyclic amines) is 1. The van der Waals surface area contributed by atoms with Crippen LogP contribution in [0.2, 0.25) is 0 Å². The molecule has 32 heavy (non-hydrogen) atoms. The fraction of sp³-hybridized carbons (Fsp3) is 0.455. The maximum absolute atomic E-state index is 13.5. The van der Waals surface area contributed by atoms with E-state index >= 15 is 0 Å². The van der Waals surface area contributed by atoms with Crippen LogP contribution in [0.4, 0.5) is 0 Å². The standard InChI is InChI=1S/C22H26N2O6S2/c25-21(26)14-30-17-7-9-23(10-8-17)22(27)20-12-18(31)13-24(20)32(28,29)19-6-5-15-3-1-2-4-16(15)11-19/h1-6,11,17-18,20,31H,7-10,12-14H2,(H,25,26). The lowest BCUT2D eigenvalue weighted by molar-refractivity contribution is -0.147. The summed E-state index contributed by atoms with van der Waals surface area (Å²) in [6.07, 6.45) is 1.18. The van der Waals surface area contributed by atoms with E-state index in [4.69, 9.17) is 9.84 Å². The SMILES string of the molecule is O=C(O)COC1CCN(C(=O)C2CC(S)CN2S(=O)(=O)c2ccc3ccccc3c2)CC1. The second-order valence-corrected chi connectivity index (χ2v) is 10.8. The van der Waals surface area contributed by atoms with Gasteiger partial charge in [0.25, 0.3) is 0 Å². The first-order valence-corrected chi connectivity index (χ1v) is 12.5. The third kappa shape index (κ3) is 4.78. The number of hydrogen-bond acceptors (Lipinski definition) is 6. The highest BCUT2D eigenvalue weighted by molar-refractivity contribution is 7.89. The van der Waals surface area contributed by atoms with Crippen molar-refractivity contribution in [2.45, 2.75) is 41.6 Å². The zero-order valence-corrected chi connectivity index (χ0v) is 19.2. The van der Waals surface area contributed by atoms with Crippen molar-refractivity contribution in [3.63, 3.8) is 0 Å². The van der Waals surface area contributed by atoms with Crippen molar-refractivity contribution in [2.24, 2.45) is 0 Å². The van der Waals surface area contributed by atoms with Gasteiger partial charge in [0, 0.05) is 24.9 Å². The average molecular weight is 479 g/mol. The summed E-state index contributed by atoms with van der Waals surface area (Å²) in [6, 6.07) is 11.7. The highest BCUT2D eigenvalue weighted by Gasteiger charge is 2.44. The minimum atomic E-state index is -3.88. The van der Waals surface area contributed by atoms with Crippen LogP contribution in [-0.2, 0) is 24.3 Å². The Morgan fingerprint density at radius 1 is 1.09 bits per heavy atom. The number of hydrogen-bond donors (Lipinski definition) is 2. The van der Waals surface area contributed by atoms with Gasteiger partial charge in [-0.2, -0.15) is 16.9 Å². The van der Waals surface area contributed by atoms with Crippen LogP contribution in [0.25, 0.3) is 10.8 Å². The topological polar surface area (TPSA) is 104 Å². The molecule has 172 valence electrons. The molecule has 8 nitrogen and oxygen atoms in total. The summed E-state index contributed by atoms with van der Waals surface area (Å²) in [5.41, 5.74) is 0. The number of nitrogens with zero attached hydrogens (tertiary/aromatic N) is 2. The molecule has 2 aromatic rings. The number of carbonyl (C=O) groups excluding carboxylic acids is 1. The molecule has 2 saturated heterocycles. The highest BCUT2D eigenvalue weighted by atomic mass is 32.2. The van der Waals surface area contributed by atoms with E-state index in [-0.39, 0.29) is 35.3 Å². The Bertz CT molecular complexity index is 1110. The van der Waals surface area contributed by atoms with Crippen molar-refractivity contribution in [2.75, 3.05) is 26.2 Å². The van der Waals surface area contributed by atoms with Crippen molar-refractivity contribution < 1.29 is 27.9 Å². The number of rotatable bonds is 6. The van der Waals surface area contributed by atoms with Gasteiger partial charge in [-0.15, -0.1) is 0 Å². The number of amides is 1. The van der Waals surface area contributed by atoms with E-state index in [1.54, 1.807) is 23.1 Å². The van der Waals surface area contributed by atoms with Gasteiger partial charge in [0.05, 0.1) is 11.0 Å². The van der Waals surface area contributed by atoms with E-state index in [1.165, 1.54) is 4.31 Å². The predicted octanol–water partition coefficient (Wildman–Crippen LogP) is 1.99. The molecule has 0 spiro atoms. The van der Waals surface area contributed by atoms with Crippen molar-refractivity contribution in [3.8, 4) is 0 Å². The highest BCUT2D eigenvalue weighted by Crippen LogP contribution is 2.31. The summed E-state index contributed by atoms with van der Waals surface area (Å²) in [4.78, 5) is 25.8. The van der Waals surface area contributed by atoms with Crippen molar-refractivity contribution in [3.05, 3.63) is 42.5 Å². The van der Waals surface area contributed by atoms with Crippen LogP contribution in [-0.4, -0.2) is 78.2 Å². The number of thiol groups is 1. The summed E-state index contributed by atoms with van der Waals surface area (Å²) < 4.78 is 33.5. The Hall–Kier alpha value is -2.14. The summed E-state index contributed by atoms with van der Waals surface area (Å²) in [5, 5.41) is 10.3. The number of carboxylic acid groups (broad SMARTS) is 1. The predicted molar refractivity (Wildman–Crippen MR) is 122 cm³/mol. The molecule has 2 aromatic carbocycles. The number of fused-ring (bicyclic) bond motifs is 1. The Kier molecular flexibility index (Phi) is 6.75. The van der Waals surface area contributed by atoms with Gasteiger partial charge in [0.2, 0.25) is 15.9 Å². The lowest BCUT2D eigenvalue weighted by Crippen LogP contribution is -2.50. The molecular formula is C22H26N2O6S2. The molecule has 2 atom stereocenters. The Labute approximate surface area is 192 Å². The van der Waals surface area contributed by atoms with Gasteiger partial charge in [-0.1, -0.05) is 30.3 Å². The Morgan fingerprint density at radius 2 is 1.78 bits per heavy atom. The van der Waals surface area contributed by atoms with E-state index in [9.17, 15) is 18.0 Å². The first-order chi connectivity index (χ1) is 15.3. The monoisotopic (exact) mass is 478 g/mol. The van der Waals surface area contributed by atoms with E-state index < -0.39 is 22.0 Å². The molecule has 0 radical (unpaired) electrons. The van der Waals surface area contributed by atoms with Crippen LogP contribution in [0.3, 0.4) is 0 Å². The van der Waals surface area contributed by atoms with Gasteiger partial charge in [-0.25, -0.2) is 13.2 Å². The van der Waals surface area contributed by atoms with Crippen LogP contribution in [0.5, 0.6) is 0 Å². The first kappa shape index (κ1) is 23.0. The van der Waals surface area contributed by atoms with Gasteiger partial charge >= 0.3 is 5.97 Å². The molecular weight excluding hydrogens is 452 g/mol. The number of aliphatic carboxylic acids is 1. The molecule has 1 amide bonds. The Balaban J connectivity index is 1.50. The molecule has 2 fully saturated rings. The number of piperidine rings is 1. The van der Waals surface area contributed by atoms with Gasteiger partial charge in [0.15, 0.2) is 0 Å². The molecule has 2 aliphatic rings. The lowest BCUT2D eigenvalue weighted by atomic mass is 10.1. The van der Waals surface area contributed by atoms with Crippen LogP contribution in [0, 0.1) is 0 Å². The summed E-state index contributed by atoms with van der Waals surface area (Å²) in [6.45, 7) is 0.620. The molecule has 4 rings (SSSR count). The smallest absolute Gasteiger partial charge is 0.329 e. The average Bonchev–Trinajstić information content (AvgIpc) is 3.19. The molecule has 10 heteroatoms. The summed E-state index contributed by atoms with van der Waals surface area (Å²) in [7, 11) is -3.88.